The van der Waals surface area contributed by atoms with Gasteiger partial charge < -0.3 is 15.1 Å². The number of carbonyl (C=O) groups is 2. The van der Waals surface area contributed by atoms with E-state index in [1.54, 1.807) is 11.0 Å². The Kier molecular flexibility index (Phi) is 8.41. The molecule has 206 valence electrons. The number of hydrogen-bond donors (Lipinski definition) is 1. The smallest absolute Gasteiger partial charge is 0.341 e. The van der Waals surface area contributed by atoms with Crippen LogP contribution in [0.25, 0.3) is 0 Å². The van der Waals surface area contributed by atoms with Crippen LogP contribution in [0.2, 0.25) is 5.02 Å². The molecule has 1 atom stereocenters. The van der Waals surface area contributed by atoms with Gasteiger partial charge in [-0.05, 0) is 55.5 Å². The zero-order valence-corrected chi connectivity index (χ0v) is 22.0. The molecule has 2 aliphatic rings. The van der Waals surface area contributed by atoms with Crippen LogP contribution in [-0.4, -0.2) is 69.4 Å². The molecule has 13 heteroatoms. The van der Waals surface area contributed by atoms with Gasteiger partial charge in [-0.1, -0.05) is 29.8 Å². The lowest BCUT2D eigenvalue weighted by Gasteiger charge is -2.36. The quantitative estimate of drug-likeness (QED) is 0.538. The molecular weight excluding hydrogens is 545 g/mol. The maximum Gasteiger partial charge on any atom is 0.416 e. The minimum Gasteiger partial charge on any atom is -0.341 e. The fourth-order valence-corrected chi connectivity index (χ4v) is 6.16. The Morgan fingerprint density at radius 2 is 1.71 bits per heavy atom. The molecule has 0 aliphatic carbocycles. The molecule has 38 heavy (non-hydrogen) atoms. The number of rotatable bonds is 7. The Balaban J connectivity index is 1.57. The first-order valence-corrected chi connectivity index (χ1v) is 14.0. The minimum absolute atomic E-state index is 0.0331. The number of hydrogen-bond acceptors (Lipinski definition) is 4. The average Bonchev–Trinajstić information content (AvgIpc) is 2.85. The summed E-state index contributed by atoms with van der Waals surface area (Å²) in [6.07, 6.45) is -2.36. The molecule has 0 spiro atoms. The van der Waals surface area contributed by atoms with Crippen LogP contribution in [0.4, 0.5) is 23.7 Å². The van der Waals surface area contributed by atoms with E-state index < -0.39 is 39.9 Å². The predicted octanol–water partition coefficient (Wildman–Crippen LogP) is 4.21. The standard InChI is InChI=1S/C25H28ClF3N4O4S/c26-21-10-9-19(25(27,28)29)14-22(21)33(38(36,37)20-7-2-1-3-8-20)17-23(34)32-11-4-6-18(16-32)15-30-24(35)31-12-5-13-31/h1-3,7-10,14,18H,4-6,11-13,15-17H2,(H,30,35). The van der Waals surface area contributed by atoms with Gasteiger partial charge in [0.1, 0.15) is 6.54 Å². The molecule has 0 radical (unpaired) electrons. The van der Waals surface area contributed by atoms with E-state index in [2.05, 4.69) is 5.32 Å². The van der Waals surface area contributed by atoms with Crippen LogP contribution in [0, 0.1) is 5.92 Å². The number of halogens is 4. The maximum atomic E-state index is 13.6. The predicted molar refractivity (Wildman–Crippen MR) is 136 cm³/mol. The summed E-state index contributed by atoms with van der Waals surface area (Å²) in [6.45, 7) is 1.71. The Labute approximate surface area is 224 Å². The largest absolute Gasteiger partial charge is 0.416 e. The van der Waals surface area contributed by atoms with Crippen LogP contribution in [-0.2, 0) is 21.0 Å². The van der Waals surface area contributed by atoms with Gasteiger partial charge in [-0.25, -0.2) is 13.2 Å². The lowest BCUT2D eigenvalue weighted by atomic mass is 9.98. The highest BCUT2D eigenvalue weighted by Gasteiger charge is 2.36. The van der Waals surface area contributed by atoms with Gasteiger partial charge in [-0.2, -0.15) is 13.2 Å². The fraction of sp³-hybridized carbons (Fsp3) is 0.440. The number of nitrogens with zero attached hydrogens (tertiary/aromatic N) is 3. The van der Waals surface area contributed by atoms with Crippen molar-refractivity contribution >= 4 is 39.2 Å². The van der Waals surface area contributed by atoms with E-state index in [9.17, 15) is 31.2 Å². The number of piperidine rings is 1. The van der Waals surface area contributed by atoms with Crippen LogP contribution >= 0.6 is 11.6 Å². The normalized spacial score (nSPS) is 18.1. The van der Waals surface area contributed by atoms with Crippen LogP contribution in [0.1, 0.15) is 24.8 Å². The topological polar surface area (TPSA) is 90.0 Å². The molecule has 2 aromatic carbocycles. The highest BCUT2D eigenvalue weighted by Crippen LogP contribution is 2.37. The van der Waals surface area contributed by atoms with Crippen molar-refractivity contribution in [1.82, 2.24) is 15.1 Å². The summed E-state index contributed by atoms with van der Waals surface area (Å²) in [5.74, 6) is -0.606. The maximum absolute atomic E-state index is 13.6. The average molecular weight is 573 g/mol. The third-order valence-electron chi connectivity index (χ3n) is 6.71. The van der Waals surface area contributed by atoms with Gasteiger partial charge in [0.25, 0.3) is 10.0 Å². The fourth-order valence-electron chi connectivity index (χ4n) is 4.44. The molecule has 2 aliphatic heterocycles. The molecule has 2 saturated heterocycles. The van der Waals surface area contributed by atoms with Crippen LogP contribution in [0.5, 0.6) is 0 Å². The summed E-state index contributed by atoms with van der Waals surface area (Å²) < 4.78 is 68.2. The molecule has 3 amide bonds. The number of alkyl halides is 3. The van der Waals surface area contributed by atoms with Gasteiger partial charge in [0, 0.05) is 32.7 Å². The number of sulfonamides is 1. The summed E-state index contributed by atoms with van der Waals surface area (Å²) in [6, 6.07) is 9.35. The lowest BCUT2D eigenvalue weighted by molar-refractivity contribution is -0.137. The molecule has 4 rings (SSSR count). The first-order valence-electron chi connectivity index (χ1n) is 12.2. The van der Waals surface area contributed by atoms with Crippen molar-refractivity contribution in [3.8, 4) is 0 Å². The van der Waals surface area contributed by atoms with Crippen molar-refractivity contribution < 1.29 is 31.2 Å². The van der Waals surface area contributed by atoms with E-state index in [0.717, 1.165) is 25.0 Å². The second-order valence-corrected chi connectivity index (χ2v) is 11.6. The van der Waals surface area contributed by atoms with Gasteiger partial charge >= 0.3 is 12.2 Å². The minimum atomic E-state index is -4.74. The molecule has 0 saturated carbocycles. The van der Waals surface area contributed by atoms with E-state index >= 15 is 0 Å². The molecular formula is C25H28ClF3N4O4S. The Morgan fingerprint density at radius 1 is 1.03 bits per heavy atom. The van der Waals surface area contributed by atoms with Gasteiger partial charge in [0.2, 0.25) is 5.91 Å². The van der Waals surface area contributed by atoms with Gasteiger partial charge in [-0.15, -0.1) is 0 Å². The first kappa shape index (κ1) is 28.0. The van der Waals surface area contributed by atoms with Gasteiger partial charge in [0.15, 0.2) is 0 Å². The van der Waals surface area contributed by atoms with E-state index in [1.165, 1.54) is 29.2 Å². The summed E-state index contributed by atoms with van der Waals surface area (Å²) >= 11 is 6.20. The summed E-state index contributed by atoms with van der Waals surface area (Å²) in [7, 11) is -4.44. The number of urea groups is 1. The zero-order chi connectivity index (χ0) is 27.5. The van der Waals surface area contributed by atoms with Crippen LogP contribution in [0.3, 0.4) is 0 Å². The van der Waals surface area contributed by atoms with E-state index in [-0.39, 0.29) is 28.4 Å². The van der Waals surface area contributed by atoms with E-state index in [4.69, 9.17) is 11.6 Å². The van der Waals surface area contributed by atoms with Crippen molar-refractivity contribution in [3.05, 3.63) is 59.1 Å². The molecule has 0 aromatic heterocycles. The van der Waals surface area contributed by atoms with Crippen molar-refractivity contribution in [3.63, 3.8) is 0 Å². The second-order valence-electron chi connectivity index (χ2n) is 9.36. The highest BCUT2D eigenvalue weighted by molar-refractivity contribution is 7.92. The van der Waals surface area contributed by atoms with Crippen molar-refractivity contribution in [2.45, 2.75) is 30.3 Å². The summed E-state index contributed by atoms with van der Waals surface area (Å²) in [5, 5.41) is 2.63. The van der Waals surface area contributed by atoms with E-state index in [1.807, 2.05) is 0 Å². The Hall–Kier alpha value is -2.99. The monoisotopic (exact) mass is 572 g/mol. The zero-order valence-electron chi connectivity index (χ0n) is 20.5. The third kappa shape index (κ3) is 6.35. The molecule has 2 heterocycles. The Morgan fingerprint density at radius 3 is 2.34 bits per heavy atom. The van der Waals surface area contributed by atoms with Crippen molar-refractivity contribution in [1.29, 1.82) is 0 Å². The SMILES string of the molecule is O=C(CN(c1cc(C(F)(F)F)ccc1Cl)S(=O)(=O)c1ccccc1)N1CCCC(CNC(=O)N2CCC2)C1. The number of likely N-dealkylation sites (tertiary alicyclic amines) is 2. The molecule has 1 unspecified atom stereocenters. The van der Waals surface area contributed by atoms with Crippen LogP contribution in [0.15, 0.2) is 53.4 Å². The number of carbonyl (C=O) groups excluding carboxylic acids is 2. The second kappa shape index (κ2) is 11.4. The van der Waals surface area contributed by atoms with E-state index in [0.29, 0.717) is 43.0 Å². The molecule has 8 nitrogen and oxygen atoms in total. The third-order valence-corrected chi connectivity index (χ3v) is 8.80. The number of benzene rings is 2. The molecule has 2 fully saturated rings. The number of amides is 3. The van der Waals surface area contributed by atoms with Gasteiger partial charge in [0.05, 0.1) is 21.2 Å². The molecule has 1 N–H and O–H groups in total. The highest BCUT2D eigenvalue weighted by atomic mass is 35.5. The number of nitrogens with one attached hydrogen (secondary N) is 1. The number of anilines is 1. The van der Waals surface area contributed by atoms with Gasteiger partial charge in [-0.3, -0.25) is 9.10 Å². The van der Waals surface area contributed by atoms with Crippen molar-refractivity contribution in [2.24, 2.45) is 5.92 Å². The first-order chi connectivity index (χ1) is 18.0. The lowest BCUT2D eigenvalue weighted by Crippen LogP contribution is -2.51. The van der Waals surface area contributed by atoms with Crippen LogP contribution < -0.4 is 9.62 Å². The van der Waals surface area contributed by atoms with Crippen molar-refractivity contribution in [2.75, 3.05) is 43.6 Å². The summed E-state index contributed by atoms with van der Waals surface area (Å²) in [4.78, 5) is 28.5. The Bertz CT molecular complexity index is 1270. The molecule has 0 bridgehead atoms. The molecule has 2 aromatic rings. The summed E-state index contributed by atoms with van der Waals surface area (Å²) in [5.41, 5.74) is -1.53.